The largest absolute Gasteiger partial charge is 0.367 e. The fourth-order valence-electron chi connectivity index (χ4n) is 2.04. The van der Waals surface area contributed by atoms with Crippen molar-refractivity contribution in [1.29, 1.82) is 0 Å². The number of thioether (sulfide) groups is 1. The molecule has 2 nitrogen and oxygen atoms in total. The van der Waals surface area contributed by atoms with Gasteiger partial charge in [-0.2, -0.15) is 0 Å². The van der Waals surface area contributed by atoms with Crippen molar-refractivity contribution in [3.05, 3.63) is 59.7 Å². The van der Waals surface area contributed by atoms with Crippen LogP contribution in [0.3, 0.4) is 0 Å². The van der Waals surface area contributed by atoms with Crippen LogP contribution >= 0.6 is 11.8 Å². The fourth-order valence-corrected chi connectivity index (χ4v) is 2.45. The maximum Gasteiger partial charge on any atom is 0.182 e. The zero-order valence-electron chi connectivity index (χ0n) is 12.1. The summed E-state index contributed by atoms with van der Waals surface area (Å²) in [4.78, 5) is 15.4. The van der Waals surface area contributed by atoms with Crippen molar-refractivity contribution in [2.45, 2.75) is 11.8 Å². The Morgan fingerprint density at radius 2 is 1.85 bits per heavy atom. The average molecular weight is 285 g/mol. The molecule has 0 radical (unpaired) electrons. The lowest BCUT2D eigenvalue weighted by Gasteiger charge is -2.19. The number of likely N-dealkylation sites (N-methyl/N-ethyl adjacent to an activating group) is 1. The molecule has 2 rings (SSSR count). The van der Waals surface area contributed by atoms with Gasteiger partial charge >= 0.3 is 0 Å². The molecule has 20 heavy (non-hydrogen) atoms. The number of nitrogens with zero attached hydrogens (tertiary/aromatic N) is 1. The molecule has 104 valence electrons. The fraction of sp³-hybridized carbons (Fsp3) is 0.235. The first kappa shape index (κ1) is 14.7. The zero-order valence-corrected chi connectivity index (χ0v) is 12.9. The van der Waals surface area contributed by atoms with Gasteiger partial charge in [-0.05, 0) is 43.0 Å². The second kappa shape index (κ2) is 6.62. The molecule has 2 aromatic rings. The van der Waals surface area contributed by atoms with E-state index in [1.165, 1.54) is 10.5 Å². The zero-order chi connectivity index (χ0) is 14.5. The number of rotatable bonds is 5. The van der Waals surface area contributed by atoms with E-state index >= 15 is 0 Å². The van der Waals surface area contributed by atoms with Crippen LogP contribution in [-0.2, 0) is 0 Å². The molecule has 3 heteroatoms. The number of hydrogen-bond acceptors (Lipinski definition) is 3. The first-order valence-corrected chi connectivity index (χ1v) is 7.77. The van der Waals surface area contributed by atoms with Gasteiger partial charge in [0.15, 0.2) is 5.78 Å². The molecule has 0 fully saturated rings. The lowest BCUT2D eigenvalue weighted by Crippen LogP contribution is -2.25. The average Bonchev–Trinajstić information content (AvgIpc) is 2.47. The molecule has 0 aliphatic rings. The van der Waals surface area contributed by atoms with Gasteiger partial charge in [0, 0.05) is 23.2 Å². The summed E-state index contributed by atoms with van der Waals surface area (Å²) in [5.41, 5.74) is 3.03. The van der Waals surface area contributed by atoms with E-state index < -0.39 is 0 Å². The Labute approximate surface area is 124 Å². The summed E-state index contributed by atoms with van der Waals surface area (Å²) in [5.74, 6) is 0.140. The molecule has 0 saturated carbocycles. The number of carbonyl (C=O) groups excluding carboxylic acids is 1. The third kappa shape index (κ3) is 3.64. The topological polar surface area (TPSA) is 20.3 Å². The summed E-state index contributed by atoms with van der Waals surface area (Å²) in [5, 5.41) is 0. The predicted octanol–water partition coefficient (Wildman–Crippen LogP) is 4.04. The Morgan fingerprint density at radius 3 is 2.45 bits per heavy atom. The molecule has 0 N–H and O–H groups in total. The van der Waals surface area contributed by atoms with Gasteiger partial charge in [0.1, 0.15) is 0 Å². The van der Waals surface area contributed by atoms with Crippen LogP contribution in [0.1, 0.15) is 15.9 Å². The van der Waals surface area contributed by atoms with Gasteiger partial charge in [-0.25, -0.2) is 0 Å². The van der Waals surface area contributed by atoms with E-state index in [-0.39, 0.29) is 5.78 Å². The number of benzene rings is 2. The highest BCUT2D eigenvalue weighted by atomic mass is 32.2. The monoisotopic (exact) mass is 285 g/mol. The summed E-state index contributed by atoms with van der Waals surface area (Å²) in [6, 6.07) is 16.0. The first-order valence-electron chi connectivity index (χ1n) is 6.55. The van der Waals surface area contributed by atoms with E-state index in [1.54, 1.807) is 11.8 Å². The summed E-state index contributed by atoms with van der Waals surface area (Å²) in [6.07, 6.45) is 2.03. The first-order chi connectivity index (χ1) is 9.60. The van der Waals surface area contributed by atoms with E-state index in [9.17, 15) is 4.79 Å². The number of ketones is 1. The molecule has 0 unspecified atom stereocenters. The van der Waals surface area contributed by atoms with Gasteiger partial charge in [0.05, 0.1) is 6.54 Å². The third-order valence-corrected chi connectivity index (χ3v) is 3.98. The Morgan fingerprint density at radius 1 is 1.15 bits per heavy atom. The molecule has 0 atom stereocenters. The van der Waals surface area contributed by atoms with Crippen LogP contribution in [-0.4, -0.2) is 25.6 Å². The van der Waals surface area contributed by atoms with E-state index in [0.29, 0.717) is 6.54 Å². The molecule has 0 saturated heterocycles. The van der Waals surface area contributed by atoms with Gasteiger partial charge in [-0.15, -0.1) is 11.8 Å². The summed E-state index contributed by atoms with van der Waals surface area (Å²) >= 11 is 1.68. The standard InChI is InChI=1S/C17H19NOS/c1-13-5-4-6-15(11-13)18(2)12-17(19)14-7-9-16(20-3)10-8-14/h4-11H,12H2,1-3H3. The lowest BCUT2D eigenvalue weighted by atomic mass is 10.1. The molecule has 0 heterocycles. The van der Waals surface area contributed by atoms with Crippen LogP contribution in [0.4, 0.5) is 5.69 Å². The molecule has 0 amide bonds. The van der Waals surface area contributed by atoms with Crippen LogP contribution in [0, 0.1) is 6.92 Å². The van der Waals surface area contributed by atoms with Crippen molar-refractivity contribution in [3.8, 4) is 0 Å². The Bertz CT molecular complexity index is 592. The quantitative estimate of drug-likeness (QED) is 0.611. The van der Waals surface area contributed by atoms with Crippen molar-refractivity contribution in [2.24, 2.45) is 0 Å². The molecule has 0 aliphatic heterocycles. The van der Waals surface area contributed by atoms with Gasteiger partial charge in [-0.3, -0.25) is 4.79 Å². The minimum atomic E-state index is 0.140. The van der Waals surface area contributed by atoms with Crippen molar-refractivity contribution >= 4 is 23.2 Å². The van der Waals surface area contributed by atoms with Crippen LogP contribution in [0.15, 0.2) is 53.4 Å². The van der Waals surface area contributed by atoms with Gasteiger partial charge in [-0.1, -0.05) is 24.3 Å². The predicted molar refractivity (Wildman–Crippen MR) is 87.0 cm³/mol. The van der Waals surface area contributed by atoms with Crippen LogP contribution < -0.4 is 4.90 Å². The second-order valence-electron chi connectivity index (χ2n) is 4.85. The lowest BCUT2D eigenvalue weighted by molar-refractivity contribution is 0.100. The highest BCUT2D eigenvalue weighted by Crippen LogP contribution is 2.17. The molecule has 0 aromatic heterocycles. The highest BCUT2D eigenvalue weighted by Gasteiger charge is 2.10. The SMILES string of the molecule is CSc1ccc(C(=O)CN(C)c2cccc(C)c2)cc1. The second-order valence-corrected chi connectivity index (χ2v) is 5.73. The smallest absolute Gasteiger partial charge is 0.182 e. The normalized spacial score (nSPS) is 10.3. The van der Waals surface area contributed by atoms with Crippen LogP contribution in [0.25, 0.3) is 0 Å². The van der Waals surface area contributed by atoms with Crippen molar-refractivity contribution in [2.75, 3.05) is 24.7 Å². The summed E-state index contributed by atoms with van der Waals surface area (Å²) in [7, 11) is 1.95. The Kier molecular flexibility index (Phi) is 4.85. The third-order valence-electron chi connectivity index (χ3n) is 3.24. The van der Waals surface area contributed by atoms with Crippen LogP contribution in [0.2, 0.25) is 0 Å². The molecular formula is C17H19NOS. The molecule has 0 spiro atoms. The molecule has 0 bridgehead atoms. The van der Waals surface area contributed by atoms with Gasteiger partial charge in [0.2, 0.25) is 0 Å². The minimum absolute atomic E-state index is 0.140. The number of aryl methyl sites for hydroxylation is 1. The number of anilines is 1. The van der Waals surface area contributed by atoms with Crippen molar-refractivity contribution in [1.82, 2.24) is 0 Å². The summed E-state index contributed by atoms with van der Waals surface area (Å²) < 4.78 is 0. The molecule has 2 aromatic carbocycles. The Balaban J connectivity index is 2.06. The minimum Gasteiger partial charge on any atom is -0.367 e. The maximum absolute atomic E-state index is 12.3. The highest BCUT2D eigenvalue weighted by molar-refractivity contribution is 7.98. The van der Waals surface area contributed by atoms with E-state index in [0.717, 1.165) is 11.3 Å². The Hall–Kier alpha value is -1.74. The molecule has 0 aliphatic carbocycles. The number of carbonyl (C=O) groups is 1. The number of Topliss-reactive ketones (excluding diaryl/α,β-unsaturated/α-hetero) is 1. The molecular weight excluding hydrogens is 266 g/mol. The van der Waals surface area contributed by atoms with Gasteiger partial charge < -0.3 is 4.90 Å². The van der Waals surface area contributed by atoms with E-state index in [4.69, 9.17) is 0 Å². The van der Waals surface area contributed by atoms with Crippen molar-refractivity contribution < 1.29 is 4.79 Å². The van der Waals surface area contributed by atoms with Gasteiger partial charge in [0.25, 0.3) is 0 Å². The van der Waals surface area contributed by atoms with E-state index in [1.807, 2.05) is 54.6 Å². The van der Waals surface area contributed by atoms with Crippen molar-refractivity contribution in [3.63, 3.8) is 0 Å². The number of hydrogen-bond donors (Lipinski definition) is 0. The van der Waals surface area contributed by atoms with E-state index in [2.05, 4.69) is 19.1 Å². The maximum atomic E-state index is 12.3. The summed E-state index contributed by atoms with van der Waals surface area (Å²) in [6.45, 7) is 2.45. The van der Waals surface area contributed by atoms with Crippen LogP contribution in [0.5, 0.6) is 0 Å².